The van der Waals surface area contributed by atoms with Crippen LogP contribution < -0.4 is 10.6 Å². The van der Waals surface area contributed by atoms with Crippen LogP contribution in [0, 0.1) is 5.92 Å². The van der Waals surface area contributed by atoms with Gasteiger partial charge in [-0.25, -0.2) is 0 Å². The summed E-state index contributed by atoms with van der Waals surface area (Å²) in [5.74, 6) is 0.375. The number of imide groups is 1. The zero-order valence-electron chi connectivity index (χ0n) is 8.95. The van der Waals surface area contributed by atoms with Crippen LogP contribution in [0.25, 0.3) is 0 Å². The van der Waals surface area contributed by atoms with Gasteiger partial charge in [0.1, 0.15) is 0 Å². The Labute approximate surface area is 89.2 Å². The Hall–Kier alpha value is -0.940. The Morgan fingerprint density at radius 3 is 2.73 bits per heavy atom. The van der Waals surface area contributed by atoms with Crippen molar-refractivity contribution in [1.82, 2.24) is 15.5 Å². The van der Waals surface area contributed by atoms with Crippen LogP contribution in [-0.4, -0.2) is 48.9 Å². The SMILES string of the molecule is CC1C(=O)NC(=O)CN1CCC1CNC1. The van der Waals surface area contributed by atoms with E-state index in [1.54, 1.807) is 0 Å². The van der Waals surface area contributed by atoms with Crippen molar-refractivity contribution >= 4 is 11.8 Å². The van der Waals surface area contributed by atoms with E-state index in [1.165, 1.54) is 0 Å². The number of amides is 2. The highest BCUT2D eigenvalue weighted by Gasteiger charge is 2.30. The summed E-state index contributed by atoms with van der Waals surface area (Å²) in [5.41, 5.74) is 0. The number of nitrogens with one attached hydrogen (secondary N) is 2. The summed E-state index contributed by atoms with van der Waals surface area (Å²) in [6.45, 7) is 5.19. The smallest absolute Gasteiger partial charge is 0.243 e. The molecule has 0 spiro atoms. The van der Waals surface area contributed by atoms with Crippen LogP contribution in [0.2, 0.25) is 0 Å². The first-order valence-electron chi connectivity index (χ1n) is 5.45. The largest absolute Gasteiger partial charge is 0.316 e. The van der Waals surface area contributed by atoms with Crippen LogP contribution >= 0.6 is 0 Å². The average molecular weight is 211 g/mol. The minimum Gasteiger partial charge on any atom is -0.316 e. The van der Waals surface area contributed by atoms with Gasteiger partial charge in [-0.15, -0.1) is 0 Å². The van der Waals surface area contributed by atoms with E-state index in [-0.39, 0.29) is 17.9 Å². The number of carbonyl (C=O) groups is 2. The summed E-state index contributed by atoms with van der Waals surface area (Å²) >= 11 is 0. The van der Waals surface area contributed by atoms with Gasteiger partial charge in [-0.1, -0.05) is 0 Å². The van der Waals surface area contributed by atoms with Gasteiger partial charge in [-0.05, 0) is 38.9 Å². The fraction of sp³-hybridized carbons (Fsp3) is 0.800. The molecule has 5 nitrogen and oxygen atoms in total. The monoisotopic (exact) mass is 211 g/mol. The maximum absolute atomic E-state index is 11.4. The van der Waals surface area contributed by atoms with Crippen molar-refractivity contribution in [1.29, 1.82) is 0 Å². The zero-order valence-corrected chi connectivity index (χ0v) is 8.95. The van der Waals surface area contributed by atoms with E-state index in [0.29, 0.717) is 6.54 Å². The molecule has 2 fully saturated rings. The molecule has 0 aromatic rings. The van der Waals surface area contributed by atoms with Crippen molar-refractivity contribution in [2.24, 2.45) is 5.92 Å². The molecule has 2 N–H and O–H groups in total. The highest BCUT2D eigenvalue weighted by atomic mass is 16.2. The van der Waals surface area contributed by atoms with E-state index in [0.717, 1.165) is 32.0 Å². The minimum absolute atomic E-state index is 0.169. The quantitative estimate of drug-likeness (QED) is 0.584. The Morgan fingerprint density at radius 1 is 1.40 bits per heavy atom. The lowest BCUT2D eigenvalue weighted by Crippen LogP contribution is -2.57. The highest BCUT2D eigenvalue weighted by molar-refractivity contribution is 6.00. The third kappa shape index (κ3) is 2.35. The second-order valence-corrected chi connectivity index (χ2v) is 4.37. The molecule has 0 aliphatic carbocycles. The average Bonchev–Trinajstić information content (AvgIpc) is 2.10. The molecule has 0 bridgehead atoms. The molecule has 2 aliphatic rings. The molecule has 0 radical (unpaired) electrons. The van der Waals surface area contributed by atoms with Crippen LogP contribution in [0.5, 0.6) is 0 Å². The molecule has 0 aromatic carbocycles. The summed E-state index contributed by atoms with van der Waals surface area (Å²) in [4.78, 5) is 24.5. The normalized spacial score (nSPS) is 28.7. The second kappa shape index (κ2) is 4.28. The Kier molecular flexibility index (Phi) is 3.02. The lowest BCUT2D eigenvalue weighted by molar-refractivity contribution is -0.139. The van der Waals surface area contributed by atoms with Crippen LogP contribution in [0.1, 0.15) is 13.3 Å². The molecule has 1 atom stereocenters. The van der Waals surface area contributed by atoms with Gasteiger partial charge in [0.15, 0.2) is 0 Å². The Bertz CT molecular complexity index is 276. The Balaban J connectivity index is 1.83. The van der Waals surface area contributed by atoms with E-state index >= 15 is 0 Å². The van der Waals surface area contributed by atoms with Crippen molar-refractivity contribution in [2.75, 3.05) is 26.2 Å². The molecule has 2 heterocycles. The van der Waals surface area contributed by atoms with Gasteiger partial charge < -0.3 is 5.32 Å². The summed E-state index contributed by atoms with van der Waals surface area (Å²) in [6.07, 6.45) is 1.07. The summed E-state index contributed by atoms with van der Waals surface area (Å²) in [7, 11) is 0. The summed E-state index contributed by atoms with van der Waals surface area (Å²) < 4.78 is 0. The number of carbonyl (C=O) groups excluding carboxylic acids is 2. The van der Waals surface area contributed by atoms with Gasteiger partial charge in [0.2, 0.25) is 11.8 Å². The first-order valence-corrected chi connectivity index (χ1v) is 5.45. The first-order chi connectivity index (χ1) is 7.16. The van der Waals surface area contributed by atoms with Crippen molar-refractivity contribution < 1.29 is 9.59 Å². The fourth-order valence-electron chi connectivity index (χ4n) is 1.94. The zero-order chi connectivity index (χ0) is 10.8. The van der Waals surface area contributed by atoms with Crippen LogP contribution in [0.3, 0.4) is 0 Å². The molecular weight excluding hydrogens is 194 g/mol. The maximum Gasteiger partial charge on any atom is 0.243 e. The van der Waals surface area contributed by atoms with E-state index < -0.39 is 0 Å². The van der Waals surface area contributed by atoms with Gasteiger partial charge in [-0.3, -0.25) is 19.8 Å². The lowest BCUT2D eigenvalue weighted by atomic mass is 9.98. The van der Waals surface area contributed by atoms with Gasteiger partial charge in [0.05, 0.1) is 12.6 Å². The van der Waals surface area contributed by atoms with Gasteiger partial charge in [0, 0.05) is 0 Å². The molecule has 2 saturated heterocycles. The topological polar surface area (TPSA) is 61.4 Å². The molecule has 0 saturated carbocycles. The van der Waals surface area contributed by atoms with E-state index in [2.05, 4.69) is 10.6 Å². The first kappa shape index (κ1) is 10.6. The van der Waals surface area contributed by atoms with Crippen LogP contribution in [-0.2, 0) is 9.59 Å². The van der Waals surface area contributed by atoms with Crippen molar-refractivity contribution in [3.05, 3.63) is 0 Å². The Morgan fingerprint density at radius 2 is 2.13 bits per heavy atom. The van der Waals surface area contributed by atoms with Gasteiger partial charge in [-0.2, -0.15) is 0 Å². The van der Waals surface area contributed by atoms with Crippen molar-refractivity contribution in [3.63, 3.8) is 0 Å². The number of nitrogens with zero attached hydrogens (tertiary/aromatic N) is 1. The molecule has 2 amide bonds. The van der Waals surface area contributed by atoms with Gasteiger partial charge in [0.25, 0.3) is 0 Å². The number of rotatable bonds is 3. The minimum atomic E-state index is -0.176. The molecular formula is C10H17N3O2. The summed E-state index contributed by atoms with van der Waals surface area (Å²) in [5, 5.41) is 5.56. The molecule has 84 valence electrons. The molecule has 0 aromatic heterocycles. The van der Waals surface area contributed by atoms with Crippen molar-refractivity contribution in [3.8, 4) is 0 Å². The predicted octanol–water partition coefficient (Wildman–Crippen LogP) is -1.06. The molecule has 15 heavy (non-hydrogen) atoms. The maximum atomic E-state index is 11.4. The highest BCUT2D eigenvalue weighted by Crippen LogP contribution is 2.12. The predicted molar refractivity (Wildman–Crippen MR) is 55.2 cm³/mol. The number of hydrogen-bond donors (Lipinski definition) is 2. The molecule has 5 heteroatoms. The van der Waals surface area contributed by atoms with Crippen molar-refractivity contribution in [2.45, 2.75) is 19.4 Å². The lowest BCUT2D eigenvalue weighted by Gasteiger charge is -2.34. The van der Waals surface area contributed by atoms with Gasteiger partial charge >= 0.3 is 0 Å². The fourth-order valence-corrected chi connectivity index (χ4v) is 1.94. The van der Waals surface area contributed by atoms with E-state index in [4.69, 9.17) is 0 Å². The third-order valence-corrected chi connectivity index (χ3v) is 3.23. The standard InChI is InChI=1S/C10H17N3O2/c1-7-10(15)12-9(14)6-13(7)3-2-8-4-11-5-8/h7-8,11H,2-6H2,1H3,(H,12,14,15). The van der Waals surface area contributed by atoms with Crippen LogP contribution in [0.15, 0.2) is 0 Å². The molecule has 2 aliphatic heterocycles. The summed E-state index contributed by atoms with van der Waals surface area (Å²) in [6, 6.07) is -0.171. The molecule has 2 rings (SSSR count). The second-order valence-electron chi connectivity index (χ2n) is 4.37. The number of piperazine rings is 1. The van der Waals surface area contributed by atoms with Crippen LogP contribution in [0.4, 0.5) is 0 Å². The van der Waals surface area contributed by atoms with E-state index in [9.17, 15) is 9.59 Å². The molecule has 1 unspecified atom stereocenters. The third-order valence-electron chi connectivity index (χ3n) is 3.23. The number of hydrogen-bond acceptors (Lipinski definition) is 4. The van der Waals surface area contributed by atoms with E-state index in [1.807, 2.05) is 11.8 Å².